The van der Waals surface area contributed by atoms with Gasteiger partial charge in [0.2, 0.25) is 0 Å². The average Bonchev–Trinajstić information content (AvgIpc) is 3.64. The Bertz CT molecular complexity index is 2650. The lowest BCUT2D eigenvalue weighted by atomic mass is 9.33. The molecule has 0 aliphatic carbocycles. The van der Waals surface area contributed by atoms with Gasteiger partial charge in [0.05, 0.1) is 22.2 Å². The van der Waals surface area contributed by atoms with Crippen molar-refractivity contribution in [1.82, 2.24) is 4.40 Å². The zero-order chi connectivity index (χ0) is 29.9. The lowest BCUT2D eigenvalue weighted by Gasteiger charge is -2.44. The van der Waals surface area contributed by atoms with Crippen LogP contribution in [0, 0.1) is 0 Å². The molecule has 0 N–H and O–H groups in total. The van der Waals surface area contributed by atoms with Gasteiger partial charge in [-0.2, -0.15) is 0 Å². The van der Waals surface area contributed by atoms with Crippen LogP contribution in [0.1, 0.15) is 0 Å². The van der Waals surface area contributed by atoms with E-state index in [1.807, 2.05) is 0 Å². The van der Waals surface area contributed by atoms with Crippen LogP contribution >= 0.6 is 0 Å². The molecule has 46 heavy (non-hydrogen) atoms. The monoisotopic (exact) mass is 583 g/mol. The summed E-state index contributed by atoms with van der Waals surface area (Å²) >= 11 is 0. The fourth-order valence-corrected chi connectivity index (χ4v) is 8.57. The van der Waals surface area contributed by atoms with E-state index in [4.69, 9.17) is 0 Å². The second-order valence-corrected chi connectivity index (χ2v) is 12.5. The van der Waals surface area contributed by atoms with E-state index >= 15 is 0 Å². The van der Waals surface area contributed by atoms with Crippen molar-refractivity contribution in [1.29, 1.82) is 0 Å². The van der Waals surface area contributed by atoms with Gasteiger partial charge in [-0.05, 0) is 64.9 Å². The molecule has 212 valence electrons. The van der Waals surface area contributed by atoms with Gasteiger partial charge in [-0.25, -0.2) is 0 Å². The molecule has 4 heteroatoms. The van der Waals surface area contributed by atoms with Crippen LogP contribution in [0.15, 0.2) is 158 Å². The zero-order valence-electron chi connectivity index (χ0n) is 24.9. The lowest BCUT2D eigenvalue weighted by molar-refractivity contribution is 1.26. The molecule has 0 bridgehead atoms. The Labute approximate surface area is 266 Å². The van der Waals surface area contributed by atoms with E-state index in [1.165, 1.54) is 88.6 Å². The van der Waals surface area contributed by atoms with Gasteiger partial charge in [0.15, 0.2) is 0 Å². The molecule has 2 aliphatic rings. The van der Waals surface area contributed by atoms with Crippen LogP contribution in [0.4, 0.5) is 34.1 Å². The first kappa shape index (κ1) is 24.3. The smallest absolute Gasteiger partial charge is 0.252 e. The molecule has 0 spiro atoms. The van der Waals surface area contributed by atoms with Crippen LogP contribution < -0.4 is 26.2 Å². The number of hydrogen-bond donors (Lipinski definition) is 0. The fourth-order valence-electron chi connectivity index (χ4n) is 8.57. The Kier molecular flexibility index (Phi) is 4.66. The third kappa shape index (κ3) is 2.94. The molecule has 7 aromatic carbocycles. The normalized spacial score (nSPS) is 13.5. The molecule has 2 aromatic heterocycles. The van der Waals surface area contributed by atoms with Crippen molar-refractivity contribution < 1.29 is 0 Å². The van der Waals surface area contributed by atoms with E-state index in [0.29, 0.717) is 0 Å². The van der Waals surface area contributed by atoms with Gasteiger partial charge in [0.25, 0.3) is 6.71 Å². The Morgan fingerprint density at radius 1 is 0.413 bits per heavy atom. The molecule has 0 atom stereocenters. The second-order valence-electron chi connectivity index (χ2n) is 12.5. The minimum absolute atomic E-state index is 0.0959. The Hall–Kier alpha value is -6.00. The van der Waals surface area contributed by atoms with Gasteiger partial charge < -0.3 is 14.2 Å². The number of para-hydroxylation sites is 6. The molecule has 0 amide bonds. The fraction of sp³-hybridized carbons (Fsp3) is 0. The maximum atomic E-state index is 2.54. The first-order chi connectivity index (χ1) is 22.9. The third-order valence-electron chi connectivity index (χ3n) is 10.3. The standard InChI is InChI=1S/C42H26BN3/c1-3-14-27(15-4-1)44-35-24-11-8-21-32(35)43-33-22-9-12-25-36(33)45(28-16-5-2-6-17-28)42-39-31-20-13-19-30-29-18-7-10-23-34(29)46(41(30)31)37(39)26-38(44)40(42)43/h1-26H. The first-order valence-electron chi connectivity index (χ1n) is 16.0. The van der Waals surface area contributed by atoms with Crippen molar-refractivity contribution >= 4 is 95.3 Å². The van der Waals surface area contributed by atoms with Crippen molar-refractivity contribution in [2.24, 2.45) is 0 Å². The van der Waals surface area contributed by atoms with E-state index < -0.39 is 0 Å². The summed E-state index contributed by atoms with van der Waals surface area (Å²) in [6.45, 7) is 0.0959. The largest absolute Gasteiger partial charge is 0.311 e. The number of hydrogen-bond acceptors (Lipinski definition) is 2. The van der Waals surface area contributed by atoms with Crippen molar-refractivity contribution in [3.05, 3.63) is 158 Å². The molecule has 0 saturated heterocycles. The van der Waals surface area contributed by atoms with Crippen LogP contribution in [0.2, 0.25) is 0 Å². The van der Waals surface area contributed by atoms with Gasteiger partial charge >= 0.3 is 0 Å². The molecular weight excluding hydrogens is 557 g/mol. The average molecular weight is 584 g/mol. The molecule has 4 heterocycles. The topological polar surface area (TPSA) is 10.9 Å². The quantitative estimate of drug-likeness (QED) is 0.188. The summed E-state index contributed by atoms with van der Waals surface area (Å²) in [7, 11) is 0. The predicted octanol–water partition coefficient (Wildman–Crippen LogP) is 8.92. The van der Waals surface area contributed by atoms with Gasteiger partial charge in [-0.15, -0.1) is 0 Å². The number of nitrogens with zero attached hydrogens (tertiary/aromatic N) is 3. The molecule has 2 aliphatic heterocycles. The third-order valence-corrected chi connectivity index (χ3v) is 10.3. The zero-order valence-corrected chi connectivity index (χ0v) is 24.9. The summed E-state index contributed by atoms with van der Waals surface area (Å²) in [5, 5.41) is 5.20. The molecular formula is C42H26BN3. The number of aromatic nitrogens is 1. The SMILES string of the molecule is c1ccc(N2c3ccccc3B3c4ccccc4N(c4ccccc4)c4c3c2cc2c4c3cccc4c5ccccc5n2c43)cc1. The number of anilines is 6. The molecule has 0 radical (unpaired) electrons. The summed E-state index contributed by atoms with van der Waals surface area (Å²) in [6, 6.07) is 58.0. The van der Waals surface area contributed by atoms with E-state index in [0.717, 1.165) is 0 Å². The van der Waals surface area contributed by atoms with Crippen LogP contribution in [-0.4, -0.2) is 11.1 Å². The Morgan fingerprint density at radius 3 is 1.72 bits per heavy atom. The minimum atomic E-state index is 0.0959. The number of fused-ring (bicyclic) bond motifs is 11. The summed E-state index contributed by atoms with van der Waals surface area (Å²) in [5.41, 5.74) is 15.1. The number of benzene rings is 7. The molecule has 0 saturated carbocycles. The van der Waals surface area contributed by atoms with Crippen LogP contribution in [-0.2, 0) is 0 Å². The summed E-state index contributed by atoms with van der Waals surface area (Å²) in [4.78, 5) is 5.03. The molecule has 11 rings (SSSR count). The van der Waals surface area contributed by atoms with Crippen molar-refractivity contribution in [3.8, 4) is 0 Å². The van der Waals surface area contributed by atoms with Gasteiger partial charge in [-0.3, -0.25) is 0 Å². The Morgan fingerprint density at radius 2 is 0.978 bits per heavy atom. The maximum absolute atomic E-state index is 2.54. The first-order valence-corrected chi connectivity index (χ1v) is 16.0. The van der Waals surface area contributed by atoms with E-state index in [1.54, 1.807) is 0 Å². The van der Waals surface area contributed by atoms with Crippen molar-refractivity contribution in [3.63, 3.8) is 0 Å². The Balaban J connectivity index is 1.41. The summed E-state index contributed by atoms with van der Waals surface area (Å²) in [5.74, 6) is 0. The van der Waals surface area contributed by atoms with Crippen LogP contribution in [0.3, 0.4) is 0 Å². The lowest BCUT2D eigenvalue weighted by Crippen LogP contribution is -2.61. The second kappa shape index (κ2) is 8.80. The highest BCUT2D eigenvalue weighted by molar-refractivity contribution is 7.00. The molecule has 0 fully saturated rings. The van der Waals surface area contributed by atoms with Gasteiger partial charge in [0.1, 0.15) is 0 Å². The van der Waals surface area contributed by atoms with Crippen LogP contribution in [0.25, 0.3) is 38.1 Å². The molecule has 3 nitrogen and oxygen atoms in total. The summed E-state index contributed by atoms with van der Waals surface area (Å²) < 4.78 is 2.52. The highest BCUT2D eigenvalue weighted by Crippen LogP contribution is 2.50. The summed E-state index contributed by atoms with van der Waals surface area (Å²) in [6.07, 6.45) is 0. The maximum Gasteiger partial charge on any atom is 0.252 e. The van der Waals surface area contributed by atoms with Crippen molar-refractivity contribution in [2.45, 2.75) is 0 Å². The molecule has 9 aromatic rings. The van der Waals surface area contributed by atoms with Gasteiger partial charge in [-0.1, -0.05) is 109 Å². The molecule has 0 unspecified atom stereocenters. The predicted molar refractivity (Wildman–Crippen MR) is 195 cm³/mol. The van der Waals surface area contributed by atoms with Crippen molar-refractivity contribution in [2.75, 3.05) is 9.80 Å². The number of rotatable bonds is 2. The van der Waals surface area contributed by atoms with E-state index in [2.05, 4.69) is 172 Å². The highest BCUT2D eigenvalue weighted by Gasteiger charge is 2.44. The minimum Gasteiger partial charge on any atom is -0.311 e. The van der Waals surface area contributed by atoms with E-state index in [9.17, 15) is 0 Å². The van der Waals surface area contributed by atoms with E-state index in [-0.39, 0.29) is 6.71 Å². The highest BCUT2D eigenvalue weighted by atomic mass is 15.2. The van der Waals surface area contributed by atoms with Crippen LogP contribution in [0.5, 0.6) is 0 Å². The van der Waals surface area contributed by atoms with Gasteiger partial charge in [0, 0.05) is 50.0 Å².